The highest BCUT2D eigenvalue weighted by atomic mass is 16.4. The molecule has 6 rings (SSSR count). The average Bonchev–Trinajstić information content (AvgIpc) is 3.76. The van der Waals surface area contributed by atoms with Crippen molar-refractivity contribution in [1.29, 1.82) is 5.26 Å². The normalized spacial score (nSPS) is 22.0. The van der Waals surface area contributed by atoms with Gasteiger partial charge in [-0.25, -0.2) is 4.98 Å². The van der Waals surface area contributed by atoms with Gasteiger partial charge in [-0.15, -0.1) is 0 Å². The lowest BCUT2D eigenvalue weighted by atomic mass is 9.92. The Balaban J connectivity index is 1.39. The molecule has 2 heterocycles. The van der Waals surface area contributed by atoms with Crippen LogP contribution in [0.1, 0.15) is 66.8 Å². The molecule has 4 aliphatic rings. The number of aromatic nitrogens is 1. The van der Waals surface area contributed by atoms with Crippen molar-refractivity contribution in [3.05, 3.63) is 53.2 Å². The van der Waals surface area contributed by atoms with E-state index in [1.54, 1.807) is 6.08 Å². The Labute approximate surface area is 211 Å². The van der Waals surface area contributed by atoms with Gasteiger partial charge in [0, 0.05) is 42.6 Å². The fourth-order valence-electron chi connectivity index (χ4n) is 5.67. The number of nitrogens with zero attached hydrogens (tertiary/aromatic N) is 5. The summed E-state index contributed by atoms with van der Waals surface area (Å²) in [5, 5.41) is 22.5. The molecule has 1 atom stereocenters. The molecule has 2 aromatic rings. The van der Waals surface area contributed by atoms with Crippen LogP contribution in [0, 0.1) is 23.2 Å². The number of benzene rings is 1. The lowest BCUT2D eigenvalue weighted by molar-refractivity contribution is -0.135. The van der Waals surface area contributed by atoms with E-state index in [0.29, 0.717) is 36.4 Å². The number of hydrogen-bond acceptors (Lipinski definition) is 6. The highest BCUT2D eigenvalue weighted by Crippen LogP contribution is 2.46. The minimum absolute atomic E-state index is 0.214. The third kappa shape index (κ3) is 4.15. The quantitative estimate of drug-likeness (QED) is 0.349. The molecule has 1 saturated heterocycles. The molecule has 3 aliphatic carbocycles. The maximum atomic E-state index is 13.0. The van der Waals surface area contributed by atoms with E-state index in [1.807, 2.05) is 24.3 Å². The lowest BCUT2D eigenvalue weighted by Gasteiger charge is -2.43. The number of amides is 1. The Kier molecular flexibility index (Phi) is 5.75. The first-order chi connectivity index (χ1) is 17.6. The number of nitriles is 1. The lowest BCUT2D eigenvalue weighted by Crippen LogP contribution is -2.57. The van der Waals surface area contributed by atoms with Crippen LogP contribution in [0.4, 0.5) is 5.82 Å². The van der Waals surface area contributed by atoms with Crippen molar-refractivity contribution in [2.45, 2.75) is 50.5 Å². The van der Waals surface area contributed by atoms with E-state index >= 15 is 0 Å². The second-order valence-electron chi connectivity index (χ2n) is 10.6. The molecule has 0 bridgehead atoms. The van der Waals surface area contributed by atoms with Crippen molar-refractivity contribution in [3.63, 3.8) is 0 Å². The third-order valence-electron chi connectivity index (χ3n) is 8.04. The van der Waals surface area contributed by atoms with E-state index < -0.39 is 0 Å². The Morgan fingerprint density at radius 3 is 2.61 bits per heavy atom. The predicted molar refractivity (Wildman–Crippen MR) is 139 cm³/mol. The van der Waals surface area contributed by atoms with Gasteiger partial charge in [-0.1, -0.05) is 36.0 Å². The maximum absolute atomic E-state index is 13.0. The fourth-order valence-corrected chi connectivity index (χ4v) is 5.67. The van der Waals surface area contributed by atoms with E-state index in [9.17, 15) is 10.1 Å². The zero-order valence-electron chi connectivity index (χ0n) is 20.4. The summed E-state index contributed by atoms with van der Waals surface area (Å²) in [6.45, 7) is 6.13. The molecule has 7 nitrogen and oxygen atoms in total. The van der Waals surface area contributed by atoms with Gasteiger partial charge in [-0.3, -0.25) is 4.79 Å². The molecule has 1 N–H and O–H groups in total. The van der Waals surface area contributed by atoms with Gasteiger partial charge in [-0.2, -0.15) is 5.26 Å². The second-order valence-corrected chi connectivity index (χ2v) is 10.6. The number of pyridine rings is 1. The number of carbonyl (C=O) groups is 1. The van der Waals surface area contributed by atoms with E-state index in [2.05, 4.69) is 27.6 Å². The fraction of sp³-hybridized carbons (Fsp3) is 0.448. The molecule has 3 saturated carbocycles. The van der Waals surface area contributed by atoms with Gasteiger partial charge >= 0.3 is 0 Å². The standard InChI is InChI=1S/C29H31N5O2/c1-2-23-21(16-31-36)4-3-5-24(23)25-14-22(15-30)28(32-27(25)19-8-9-19)33-12-13-34(29(35)20-10-11-20)26(17-33)18-6-7-18/h2-5,14,16,18-20,26,36H,1,6-13,17H2/b31-16+. The summed E-state index contributed by atoms with van der Waals surface area (Å²) in [7, 11) is 0. The van der Waals surface area contributed by atoms with Gasteiger partial charge in [-0.05, 0) is 61.6 Å². The smallest absolute Gasteiger partial charge is 0.226 e. The van der Waals surface area contributed by atoms with Gasteiger partial charge < -0.3 is 15.0 Å². The summed E-state index contributed by atoms with van der Waals surface area (Å²) in [6, 6.07) is 10.4. The summed E-state index contributed by atoms with van der Waals surface area (Å²) in [5.41, 5.74) is 5.08. The molecule has 36 heavy (non-hydrogen) atoms. The Morgan fingerprint density at radius 1 is 1.17 bits per heavy atom. The Morgan fingerprint density at radius 2 is 1.97 bits per heavy atom. The maximum Gasteiger partial charge on any atom is 0.226 e. The highest BCUT2D eigenvalue weighted by molar-refractivity contribution is 5.91. The van der Waals surface area contributed by atoms with Crippen LogP contribution in [0.15, 0.2) is 36.0 Å². The van der Waals surface area contributed by atoms with E-state index in [-0.39, 0.29) is 12.0 Å². The molecular formula is C29H31N5O2. The molecule has 0 spiro atoms. The van der Waals surface area contributed by atoms with Crippen molar-refractivity contribution in [1.82, 2.24) is 9.88 Å². The molecule has 184 valence electrons. The first-order valence-electron chi connectivity index (χ1n) is 13.1. The van der Waals surface area contributed by atoms with Crippen LogP contribution in [0.5, 0.6) is 0 Å². The van der Waals surface area contributed by atoms with Crippen LogP contribution < -0.4 is 4.90 Å². The van der Waals surface area contributed by atoms with Crippen LogP contribution >= 0.6 is 0 Å². The number of oxime groups is 1. The number of carbonyl (C=O) groups excluding carboxylic acids is 1. The minimum Gasteiger partial charge on any atom is -0.411 e. The van der Waals surface area contributed by atoms with Crippen LogP contribution in [0.3, 0.4) is 0 Å². The summed E-state index contributed by atoms with van der Waals surface area (Å²) < 4.78 is 0. The van der Waals surface area contributed by atoms with Gasteiger partial charge in [0.2, 0.25) is 5.91 Å². The number of hydrogen-bond donors (Lipinski definition) is 1. The molecule has 1 aromatic heterocycles. The van der Waals surface area contributed by atoms with E-state index in [1.165, 1.54) is 19.1 Å². The number of piperazine rings is 1. The van der Waals surface area contributed by atoms with Crippen LogP contribution in [-0.2, 0) is 4.79 Å². The second kappa shape index (κ2) is 9.09. The zero-order valence-corrected chi connectivity index (χ0v) is 20.4. The van der Waals surface area contributed by atoms with E-state index in [4.69, 9.17) is 10.2 Å². The average molecular weight is 482 g/mol. The third-order valence-corrected chi connectivity index (χ3v) is 8.04. The molecule has 1 aliphatic heterocycles. The number of rotatable bonds is 7. The Hall–Kier alpha value is -3.66. The molecule has 1 aromatic carbocycles. The predicted octanol–water partition coefficient (Wildman–Crippen LogP) is 4.79. The summed E-state index contributed by atoms with van der Waals surface area (Å²) >= 11 is 0. The molecule has 7 heteroatoms. The molecule has 4 fully saturated rings. The molecular weight excluding hydrogens is 450 g/mol. The van der Waals surface area contributed by atoms with Gasteiger partial charge in [0.05, 0.1) is 23.5 Å². The number of anilines is 1. The van der Waals surface area contributed by atoms with Crippen LogP contribution in [0.2, 0.25) is 0 Å². The Bertz CT molecular complexity index is 1280. The van der Waals surface area contributed by atoms with E-state index in [0.717, 1.165) is 66.0 Å². The van der Waals surface area contributed by atoms with Crippen molar-refractivity contribution in [2.75, 3.05) is 24.5 Å². The monoisotopic (exact) mass is 481 g/mol. The summed E-state index contributed by atoms with van der Waals surface area (Å²) in [4.78, 5) is 22.5. The van der Waals surface area contributed by atoms with Crippen LogP contribution in [0.25, 0.3) is 17.2 Å². The summed E-state index contributed by atoms with van der Waals surface area (Å²) in [6.07, 6.45) is 9.75. The van der Waals surface area contributed by atoms with Crippen molar-refractivity contribution >= 4 is 24.0 Å². The first kappa shape index (κ1) is 22.8. The van der Waals surface area contributed by atoms with Gasteiger partial charge in [0.1, 0.15) is 11.9 Å². The minimum atomic E-state index is 0.214. The molecule has 0 radical (unpaired) electrons. The first-order valence-corrected chi connectivity index (χ1v) is 13.1. The van der Waals surface area contributed by atoms with Crippen molar-refractivity contribution in [2.24, 2.45) is 17.0 Å². The molecule has 1 unspecified atom stereocenters. The largest absolute Gasteiger partial charge is 0.411 e. The van der Waals surface area contributed by atoms with Gasteiger partial charge in [0.25, 0.3) is 0 Å². The SMILES string of the molecule is C=Cc1c(/C=N/O)cccc1-c1cc(C#N)c(N2CCN(C(=O)C3CC3)C(C3CC3)C2)nc1C1CC1. The van der Waals surface area contributed by atoms with Crippen molar-refractivity contribution in [3.8, 4) is 17.2 Å². The topological polar surface area (TPSA) is 92.8 Å². The van der Waals surface area contributed by atoms with Crippen molar-refractivity contribution < 1.29 is 10.0 Å². The zero-order chi connectivity index (χ0) is 24.8. The molecule has 1 amide bonds. The van der Waals surface area contributed by atoms with Crippen LogP contribution in [-0.4, -0.2) is 52.9 Å². The van der Waals surface area contributed by atoms with Gasteiger partial charge in [0.15, 0.2) is 0 Å². The highest BCUT2D eigenvalue weighted by Gasteiger charge is 2.45. The summed E-state index contributed by atoms with van der Waals surface area (Å²) in [5.74, 6) is 2.25.